The van der Waals surface area contributed by atoms with Crippen LogP contribution in [0, 0.1) is 0 Å². The minimum atomic E-state index is -0.619. The van der Waals surface area contributed by atoms with Gasteiger partial charge in [-0.15, -0.1) is 0 Å². The molecule has 0 heterocycles. The lowest BCUT2D eigenvalue weighted by Crippen LogP contribution is -2.14. The molecular weight excluding hydrogens is 278 g/mol. The van der Waals surface area contributed by atoms with Gasteiger partial charge in [-0.05, 0) is 42.5 Å². The Kier molecular flexibility index (Phi) is 3.91. The minimum absolute atomic E-state index is 0.188. The highest BCUT2D eigenvalue weighted by Crippen LogP contribution is 2.21. The van der Waals surface area contributed by atoms with Crippen molar-refractivity contribution < 1.29 is 9.59 Å². The molecule has 6 heteroatoms. The molecule has 0 spiro atoms. The maximum Gasteiger partial charge on any atom is 0.255 e. The van der Waals surface area contributed by atoms with Crippen LogP contribution in [0.1, 0.15) is 20.7 Å². The van der Waals surface area contributed by atoms with Crippen molar-refractivity contribution >= 4 is 34.8 Å². The number of nitrogen functional groups attached to an aromatic ring is 1. The Labute approximate surface area is 120 Å². The van der Waals surface area contributed by atoms with E-state index in [-0.39, 0.29) is 16.5 Å². The van der Waals surface area contributed by atoms with E-state index < -0.39 is 5.91 Å². The van der Waals surface area contributed by atoms with Gasteiger partial charge in [0.1, 0.15) is 0 Å². The molecule has 0 aliphatic heterocycles. The molecule has 0 aliphatic rings. The van der Waals surface area contributed by atoms with E-state index in [0.29, 0.717) is 16.9 Å². The Morgan fingerprint density at radius 3 is 2.25 bits per heavy atom. The second kappa shape index (κ2) is 5.63. The number of anilines is 2. The number of benzene rings is 2. The third-order valence-corrected chi connectivity index (χ3v) is 2.98. The Hall–Kier alpha value is -2.53. The first-order valence-corrected chi connectivity index (χ1v) is 6.11. The van der Waals surface area contributed by atoms with Gasteiger partial charge in [0.15, 0.2) is 0 Å². The maximum absolute atomic E-state index is 12.0. The molecular formula is C14H12ClN3O2. The third kappa shape index (κ3) is 3.07. The number of rotatable bonds is 3. The highest BCUT2D eigenvalue weighted by molar-refractivity contribution is 6.34. The zero-order valence-corrected chi connectivity index (χ0v) is 11.1. The summed E-state index contributed by atoms with van der Waals surface area (Å²) >= 11 is 5.91. The highest BCUT2D eigenvalue weighted by Gasteiger charge is 2.10. The topological polar surface area (TPSA) is 98.2 Å². The lowest BCUT2D eigenvalue weighted by atomic mass is 10.1. The SMILES string of the molecule is NC(=O)c1ccc(NC(=O)c2ccc(N)cc2)cc1Cl. The molecule has 0 aromatic heterocycles. The van der Waals surface area contributed by atoms with E-state index in [9.17, 15) is 9.59 Å². The van der Waals surface area contributed by atoms with Crippen molar-refractivity contribution in [2.75, 3.05) is 11.1 Å². The summed E-state index contributed by atoms with van der Waals surface area (Å²) < 4.78 is 0. The molecule has 5 nitrogen and oxygen atoms in total. The normalized spacial score (nSPS) is 10.1. The molecule has 0 aliphatic carbocycles. The average Bonchev–Trinajstić information content (AvgIpc) is 2.39. The van der Waals surface area contributed by atoms with E-state index in [4.69, 9.17) is 23.1 Å². The molecule has 0 atom stereocenters. The van der Waals surface area contributed by atoms with Crippen LogP contribution >= 0.6 is 11.6 Å². The first-order valence-electron chi connectivity index (χ1n) is 5.73. The van der Waals surface area contributed by atoms with Gasteiger partial charge in [-0.25, -0.2) is 0 Å². The summed E-state index contributed by atoms with van der Waals surface area (Å²) in [5, 5.41) is 2.86. The number of amides is 2. The van der Waals surface area contributed by atoms with E-state index >= 15 is 0 Å². The summed E-state index contributed by atoms with van der Waals surface area (Å²) in [4.78, 5) is 23.0. The van der Waals surface area contributed by atoms with Gasteiger partial charge >= 0.3 is 0 Å². The van der Waals surface area contributed by atoms with Gasteiger partial charge in [0.25, 0.3) is 5.91 Å². The standard InChI is InChI=1S/C14H12ClN3O2/c15-12-7-10(5-6-11(12)13(17)19)18-14(20)8-1-3-9(16)4-2-8/h1-7H,16H2,(H2,17,19)(H,18,20). The van der Waals surface area contributed by atoms with Gasteiger partial charge in [0.05, 0.1) is 10.6 Å². The van der Waals surface area contributed by atoms with Crippen LogP contribution in [0.3, 0.4) is 0 Å². The van der Waals surface area contributed by atoms with Crippen molar-refractivity contribution in [3.05, 3.63) is 58.6 Å². The predicted octanol–water partition coefficient (Wildman–Crippen LogP) is 2.27. The molecule has 2 rings (SSSR count). The van der Waals surface area contributed by atoms with E-state index in [1.165, 1.54) is 12.1 Å². The molecule has 0 fully saturated rings. The Balaban J connectivity index is 2.18. The van der Waals surface area contributed by atoms with E-state index in [1.807, 2.05) is 0 Å². The third-order valence-electron chi connectivity index (χ3n) is 2.67. The van der Waals surface area contributed by atoms with Crippen molar-refractivity contribution in [3.63, 3.8) is 0 Å². The Morgan fingerprint density at radius 1 is 1.05 bits per heavy atom. The number of nitrogens with one attached hydrogen (secondary N) is 1. The molecule has 20 heavy (non-hydrogen) atoms. The van der Waals surface area contributed by atoms with Crippen molar-refractivity contribution in [2.24, 2.45) is 5.73 Å². The average molecular weight is 290 g/mol. The van der Waals surface area contributed by atoms with Crippen LogP contribution in [-0.2, 0) is 0 Å². The van der Waals surface area contributed by atoms with Gasteiger partial charge in [0.2, 0.25) is 5.91 Å². The van der Waals surface area contributed by atoms with Crippen LogP contribution in [0.5, 0.6) is 0 Å². The monoisotopic (exact) mass is 289 g/mol. The summed E-state index contributed by atoms with van der Waals surface area (Å²) in [6.07, 6.45) is 0. The second-order valence-electron chi connectivity index (χ2n) is 4.14. The number of hydrogen-bond acceptors (Lipinski definition) is 3. The fraction of sp³-hybridized carbons (Fsp3) is 0. The summed E-state index contributed by atoms with van der Waals surface area (Å²) in [6.45, 7) is 0. The van der Waals surface area contributed by atoms with Gasteiger partial charge in [-0.3, -0.25) is 9.59 Å². The predicted molar refractivity (Wildman–Crippen MR) is 78.8 cm³/mol. The first kappa shape index (κ1) is 13.9. The number of primary amides is 1. The fourth-order valence-electron chi connectivity index (χ4n) is 1.63. The number of nitrogens with two attached hydrogens (primary N) is 2. The van der Waals surface area contributed by atoms with Crippen molar-refractivity contribution in [3.8, 4) is 0 Å². The van der Waals surface area contributed by atoms with Crippen molar-refractivity contribution in [2.45, 2.75) is 0 Å². The smallest absolute Gasteiger partial charge is 0.255 e. The number of carbonyl (C=O) groups excluding carboxylic acids is 2. The van der Waals surface area contributed by atoms with E-state index in [1.54, 1.807) is 30.3 Å². The molecule has 0 bridgehead atoms. The fourth-order valence-corrected chi connectivity index (χ4v) is 1.90. The first-order chi connectivity index (χ1) is 9.47. The van der Waals surface area contributed by atoms with Crippen LogP contribution in [0.25, 0.3) is 0 Å². The molecule has 5 N–H and O–H groups in total. The lowest BCUT2D eigenvalue weighted by Gasteiger charge is -2.07. The number of halogens is 1. The summed E-state index contributed by atoms with van der Waals surface area (Å²) in [5.41, 5.74) is 12.4. The van der Waals surface area contributed by atoms with E-state index in [0.717, 1.165) is 0 Å². The molecule has 2 aromatic carbocycles. The van der Waals surface area contributed by atoms with Crippen LogP contribution in [0.2, 0.25) is 5.02 Å². The zero-order valence-electron chi connectivity index (χ0n) is 10.4. The van der Waals surface area contributed by atoms with Crippen LogP contribution in [-0.4, -0.2) is 11.8 Å². The molecule has 0 radical (unpaired) electrons. The summed E-state index contributed by atoms with van der Waals surface area (Å²) in [6, 6.07) is 11.0. The Morgan fingerprint density at radius 2 is 1.70 bits per heavy atom. The van der Waals surface area contributed by atoms with Crippen LogP contribution < -0.4 is 16.8 Å². The molecule has 2 aromatic rings. The minimum Gasteiger partial charge on any atom is -0.399 e. The van der Waals surface area contributed by atoms with Crippen molar-refractivity contribution in [1.29, 1.82) is 0 Å². The molecule has 2 amide bonds. The van der Waals surface area contributed by atoms with Crippen LogP contribution in [0.4, 0.5) is 11.4 Å². The van der Waals surface area contributed by atoms with E-state index in [2.05, 4.69) is 5.32 Å². The van der Waals surface area contributed by atoms with Crippen molar-refractivity contribution in [1.82, 2.24) is 0 Å². The maximum atomic E-state index is 12.0. The van der Waals surface area contributed by atoms with Crippen LogP contribution in [0.15, 0.2) is 42.5 Å². The summed E-state index contributed by atoms with van der Waals surface area (Å²) in [5.74, 6) is -0.917. The molecule has 0 saturated heterocycles. The number of carbonyl (C=O) groups is 2. The molecule has 0 unspecified atom stereocenters. The lowest BCUT2D eigenvalue weighted by molar-refractivity contribution is 0.0998. The van der Waals surface area contributed by atoms with Gasteiger partial charge in [-0.1, -0.05) is 11.6 Å². The largest absolute Gasteiger partial charge is 0.399 e. The molecule has 102 valence electrons. The number of hydrogen-bond donors (Lipinski definition) is 3. The zero-order chi connectivity index (χ0) is 14.7. The quantitative estimate of drug-likeness (QED) is 0.756. The molecule has 0 saturated carbocycles. The van der Waals surface area contributed by atoms with Gasteiger partial charge in [-0.2, -0.15) is 0 Å². The second-order valence-corrected chi connectivity index (χ2v) is 4.54. The highest BCUT2D eigenvalue weighted by atomic mass is 35.5. The van der Waals surface area contributed by atoms with Gasteiger partial charge in [0, 0.05) is 16.9 Å². The van der Waals surface area contributed by atoms with Gasteiger partial charge < -0.3 is 16.8 Å². The summed E-state index contributed by atoms with van der Waals surface area (Å²) in [7, 11) is 0. The Bertz CT molecular complexity index is 669.